The van der Waals surface area contributed by atoms with Gasteiger partial charge in [-0.05, 0) is 19.4 Å². The number of rotatable bonds is 4. The first-order chi connectivity index (χ1) is 9.09. The number of nitrogens with one attached hydrogen (secondary N) is 1. The van der Waals surface area contributed by atoms with Crippen LogP contribution in [0.2, 0.25) is 5.02 Å². The van der Waals surface area contributed by atoms with E-state index in [0.717, 1.165) is 5.56 Å². The average molecular weight is 280 g/mol. The molecule has 19 heavy (non-hydrogen) atoms. The molecule has 2 rings (SSSR count). The van der Waals surface area contributed by atoms with Gasteiger partial charge < -0.3 is 5.32 Å². The van der Waals surface area contributed by atoms with E-state index in [4.69, 9.17) is 11.6 Å². The minimum atomic E-state index is -1.22. The van der Waals surface area contributed by atoms with E-state index in [-0.39, 0.29) is 16.8 Å². The lowest BCUT2D eigenvalue weighted by Gasteiger charge is -2.16. The van der Waals surface area contributed by atoms with E-state index in [1.54, 1.807) is 0 Å². The van der Waals surface area contributed by atoms with Gasteiger partial charge in [-0.1, -0.05) is 41.9 Å². The van der Waals surface area contributed by atoms with Crippen molar-refractivity contribution >= 4 is 17.4 Å². The summed E-state index contributed by atoms with van der Waals surface area (Å²) in [4.78, 5) is 7.93. The zero-order valence-corrected chi connectivity index (χ0v) is 11.5. The fourth-order valence-electron chi connectivity index (χ4n) is 1.79. The quantitative estimate of drug-likeness (QED) is 0.905. The molecule has 0 spiro atoms. The van der Waals surface area contributed by atoms with Gasteiger partial charge in [-0.25, -0.2) is 14.4 Å². The molecule has 2 atom stereocenters. The molecule has 0 aliphatic rings. The molecule has 2 unspecified atom stereocenters. The van der Waals surface area contributed by atoms with Crippen LogP contribution in [0.15, 0.2) is 36.7 Å². The minimum Gasteiger partial charge on any atom is -0.362 e. The van der Waals surface area contributed by atoms with E-state index in [1.165, 1.54) is 13.3 Å². The standard InChI is InChI=1S/C14H15ClFN3/c1-9(16)13-12(15)14(18-8-17-13)19-10(2)11-6-4-3-5-7-11/h3-10H,1-2H3,(H,17,18,19). The zero-order valence-electron chi connectivity index (χ0n) is 10.8. The topological polar surface area (TPSA) is 37.8 Å². The number of hydrogen-bond acceptors (Lipinski definition) is 3. The Labute approximate surface area is 116 Å². The lowest BCUT2D eigenvalue weighted by Crippen LogP contribution is -2.09. The van der Waals surface area contributed by atoms with Crippen molar-refractivity contribution < 1.29 is 4.39 Å². The Morgan fingerprint density at radius 3 is 2.47 bits per heavy atom. The molecule has 1 aromatic carbocycles. The van der Waals surface area contributed by atoms with Crippen molar-refractivity contribution in [2.24, 2.45) is 0 Å². The highest BCUT2D eigenvalue weighted by Gasteiger charge is 2.16. The predicted molar refractivity (Wildman–Crippen MR) is 75.0 cm³/mol. The molecule has 0 saturated carbocycles. The van der Waals surface area contributed by atoms with Crippen LogP contribution in [0.25, 0.3) is 0 Å². The third-order valence-corrected chi connectivity index (χ3v) is 3.22. The molecular weight excluding hydrogens is 265 g/mol. The van der Waals surface area contributed by atoms with Crippen molar-refractivity contribution in [2.45, 2.75) is 26.1 Å². The summed E-state index contributed by atoms with van der Waals surface area (Å²) in [6, 6.07) is 9.92. The Morgan fingerprint density at radius 1 is 1.16 bits per heavy atom. The summed E-state index contributed by atoms with van der Waals surface area (Å²) in [6.07, 6.45) is 0.0974. The van der Waals surface area contributed by atoms with Gasteiger partial charge in [0.15, 0.2) is 0 Å². The maximum atomic E-state index is 13.3. The molecule has 0 aliphatic heterocycles. The fraction of sp³-hybridized carbons (Fsp3) is 0.286. The van der Waals surface area contributed by atoms with Crippen molar-refractivity contribution in [3.05, 3.63) is 52.9 Å². The Bertz CT molecular complexity index is 546. The van der Waals surface area contributed by atoms with Crippen LogP contribution in [0.1, 0.15) is 37.3 Å². The Morgan fingerprint density at radius 2 is 1.84 bits per heavy atom. The molecule has 0 bridgehead atoms. The van der Waals surface area contributed by atoms with Crippen LogP contribution in [0, 0.1) is 0 Å². The number of alkyl halides is 1. The third-order valence-electron chi connectivity index (χ3n) is 2.85. The number of aromatic nitrogens is 2. The summed E-state index contributed by atoms with van der Waals surface area (Å²) in [7, 11) is 0. The van der Waals surface area contributed by atoms with Crippen LogP contribution >= 0.6 is 11.6 Å². The molecule has 3 nitrogen and oxygen atoms in total. The van der Waals surface area contributed by atoms with Gasteiger partial charge in [-0.3, -0.25) is 0 Å². The molecule has 0 radical (unpaired) electrons. The van der Waals surface area contributed by atoms with Crippen LogP contribution in [0.5, 0.6) is 0 Å². The lowest BCUT2D eigenvalue weighted by molar-refractivity contribution is 0.365. The summed E-state index contributed by atoms with van der Waals surface area (Å²) in [5.74, 6) is 0.451. The van der Waals surface area contributed by atoms with Crippen LogP contribution in [-0.4, -0.2) is 9.97 Å². The van der Waals surface area contributed by atoms with Gasteiger partial charge in [0.25, 0.3) is 0 Å². The second-order valence-electron chi connectivity index (χ2n) is 4.31. The maximum absolute atomic E-state index is 13.3. The SMILES string of the molecule is CC(F)c1ncnc(NC(C)c2ccccc2)c1Cl. The second-order valence-corrected chi connectivity index (χ2v) is 4.69. The highest BCUT2D eigenvalue weighted by molar-refractivity contribution is 6.33. The van der Waals surface area contributed by atoms with Gasteiger partial charge >= 0.3 is 0 Å². The molecule has 1 heterocycles. The first-order valence-corrected chi connectivity index (χ1v) is 6.43. The van der Waals surface area contributed by atoms with E-state index in [9.17, 15) is 4.39 Å². The molecule has 100 valence electrons. The molecule has 1 N–H and O–H groups in total. The van der Waals surface area contributed by atoms with E-state index >= 15 is 0 Å². The number of halogens is 2. The molecule has 0 amide bonds. The zero-order chi connectivity index (χ0) is 13.8. The highest BCUT2D eigenvalue weighted by atomic mass is 35.5. The second kappa shape index (κ2) is 5.97. The maximum Gasteiger partial charge on any atom is 0.149 e. The van der Waals surface area contributed by atoms with Crippen LogP contribution in [0.4, 0.5) is 10.2 Å². The summed E-state index contributed by atoms with van der Waals surface area (Å²) < 4.78 is 13.3. The number of benzene rings is 1. The van der Waals surface area contributed by atoms with Crippen molar-refractivity contribution in [1.29, 1.82) is 0 Å². The molecule has 5 heteroatoms. The predicted octanol–water partition coefficient (Wildman–Crippen LogP) is 4.33. The first-order valence-electron chi connectivity index (χ1n) is 6.05. The Hall–Kier alpha value is -1.68. The molecule has 1 aromatic heterocycles. The van der Waals surface area contributed by atoms with E-state index in [0.29, 0.717) is 5.82 Å². The van der Waals surface area contributed by atoms with Gasteiger partial charge in [0, 0.05) is 6.04 Å². The molecule has 0 saturated heterocycles. The molecule has 2 aromatic rings. The van der Waals surface area contributed by atoms with Gasteiger partial charge in [-0.15, -0.1) is 0 Å². The molecule has 0 aliphatic carbocycles. The van der Waals surface area contributed by atoms with Gasteiger partial charge in [0.05, 0.1) is 5.69 Å². The van der Waals surface area contributed by atoms with Gasteiger partial charge in [0.1, 0.15) is 23.3 Å². The van der Waals surface area contributed by atoms with Crippen molar-refractivity contribution in [3.8, 4) is 0 Å². The normalized spacial score (nSPS) is 13.9. The van der Waals surface area contributed by atoms with E-state index in [1.807, 2.05) is 37.3 Å². The third kappa shape index (κ3) is 3.20. The molecule has 0 fully saturated rings. The highest BCUT2D eigenvalue weighted by Crippen LogP contribution is 2.30. The van der Waals surface area contributed by atoms with Crippen molar-refractivity contribution in [3.63, 3.8) is 0 Å². The average Bonchev–Trinajstić information content (AvgIpc) is 2.41. The summed E-state index contributed by atoms with van der Waals surface area (Å²) in [5.41, 5.74) is 1.31. The van der Waals surface area contributed by atoms with E-state index < -0.39 is 6.17 Å². The minimum absolute atomic E-state index is 0.0244. The smallest absolute Gasteiger partial charge is 0.149 e. The monoisotopic (exact) mass is 279 g/mol. The Balaban J connectivity index is 2.22. The van der Waals surface area contributed by atoms with E-state index in [2.05, 4.69) is 15.3 Å². The lowest BCUT2D eigenvalue weighted by atomic mass is 10.1. The van der Waals surface area contributed by atoms with Crippen molar-refractivity contribution in [1.82, 2.24) is 9.97 Å². The van der Waals surface area contributed by atoms with Crippen LogP contribution < -0.4 is 5.32 Å². The number of nitrogens with zero attached hydrogens (tertiary/aromatic N) is 2. The van der Waals surface area contributed by atoms with Crippen molar-refractivity contribution in [2.75, 3.05) is 5.32 Å². The van der Waals surface area contributed by atoms with Crippen LogP contribution in [-0.2, 0) is 0 Å². The summed E-state index contributed by atoms with van der Waals surface area (Å²) in [6.45, 7) is 3.39. The summed E-state index contributed by atoms with van der Waals surface area (Å²) >= 11 is 6.11. The molecular formula is C14H15ClFN3. The van der Waals surface area contributed by atoms with Gasteiger partial charge in [0.2, 0.25) is 0 Å². The largest absolute Gasteiger partial charge is 0.362 e. The first kappa shape index (κ1) is 13.7. The number of hydrogen-bond donors (Lipinski definition) is 1. The Kier molecular flexibility index (Phi) is 4.32. The summed E-state index contributed by atoms with van der Waals surface area (Å²) in [5, 5.41) is 3.41. The fourth-order valence-corrected chi connectivity index (χ4v) is 2.09. The number of anilines is 1. The van der Waals surface area contributed by atoms with Crippen LogP contribution in [0.3, 0.4) is 0 Å². The van der Waals surface area contributed by atoms with Gasteiger partial charge in [-0.2, -0.15) is 0 Å².